The molecule has 5 nitrogen and oxygen atoms in total. The number of benzene rings is 1. The summed E-state index contributed by atoms with van der Waals surface area (Å²) in [6.45, 7) is 3.55. The Balaban J connectivity index is 1.56. The molecule has 23 heavy (non-hydrogen) atoms. The first-order valence-corrected chi connectivity index (χ1v) is 8.47. The molecule has 2 heterocycles. The van der Waals surface area contributed by atoms with Crippen LogP contribution in [-0.2, 0) is 14.3 Å². The Kier molecular flexibility index (Phi) is 5.41. The van der Waals surface area contributed by atoms with Gasteiger partial charge in [0.2, 0.25) is 5.91 Å². The van der Waals surface area contributed by atoms with Gasteiger partial charge in [0.1, 0.15) is 11.9 Å². The standard InChI is InChI=1S/C17H22ClNO4/c1-11(23-10-12-4-3-8-21-12)17(20)19-15-7-9-22-16-13(15)5-2-6-14(16)18/h2,5-6,11-12,15H,3-4,7-10H2,1H3,(H,19,20)/t11-,12-,15-/m0/s1. The van der Waals surface area contributed by atoms with Crippen molar-refractivity contribution < 1.29 is 19.0 Å². The molecule has 126 valence electrons. The van der Waals surface area contributed by atoms with E-state index in [0.717, 1.165) is 31.4 Å². The summed E-state index contributed by atoms with van der Waals surface area (Å²) in [5.41, 5.74) is 0.920. The van der Waals surface area contributed by atoms with Crippen LogP contribution in [-0.4, -0.2) is 37.9 Å². The molecule has 0 unspecified atom stereocenters. The summed E-state index contributed by atoms with van der Waals surface area (Å²) in [7, 11) is 0. The van der Waals surface area contributed by atoms with Gasteiger partial charge in [-0.3, -0.25) is 4.79 Å². The van der Waals surface area contributed by atoms with E-state index in [-0.39, 0.29) is 18.1 Å². The van der Waals surface area contributed by atoms with Crippen molar-refractivity contribution in [1.29, 1.82) is 0 Å². The molecule has 0 saturated carbocycles. The largest absolute Gasteiger partial charge is 0.492 e. The zero-order chi connectivity index (χ0) is 16.2. The smallest absolute Gasteiger partial charge is 0.249 e. The number of ether oxygens (including phenoxy) is 3. The van der Waals surface area contributed by atoms with Crippen LogP contribution in [0.3, 0.4) is 0 Å². The van der Waals surface area contributed by atoms with Crippen molar-refractivity contribution in [3.63, 3.8) is 0 Å². The number of nitrogens with one attached hydrogen (secondary N) is 1. The van der Waals surface area contributed by atoms with Crippen molar-refractivity contribution in [1.82, 2.24) is 5.32 Å². The molecule has 3 atom stereocenters. The highest BCUT2D eigenvalue weighted by Crippen LogP contribution is 2.37. The lowest BCUT2D eigenvalue weighted by molar-refractivity contribution is -0.134. The van der Waals surface area contributed by atoms with Crippen molar-refractivity contribution >= 4 is 17.5 Å². The summed E-state index contributed by atoms with van der Waals surface area (Å²) in [5.74, 6) is 0.541. The third-order valence-electron chi connectivity index (χ3n) is 4.27. The van der Waals surface area contributed by atoms with E-state index in [2.05, 4.69) is 5.32 Å². The highest BCUT2D eigenvalue weighted by Gasteiger charge is 2.27. The van der Waals surface area contributed by atoms with E-state index in [4.69, 9.17) is 25.8 Å². The molecule has 2 aliphatic rings. The molecule has 1 saturated heterocycles. The molecule has 1 aromatic rings. The molecule has 0 bridgehead atoms. The topological polar surface area (TPSA) is 56.8 Å². The minimum atomic E-state index is -0.510. The average Bonchev–Trinajstić information content (AvgIpc) is 3.07. The number of halogens is 1. The Morgan fingerprint density at radius 3 is 3.09 bits per heavy atom. The average molecular weight is 340 g/mol. The van der Waals surface area contributed by atoms with Crippen LogP contribution in [0.25, 0.3) is 0 Å². The fourth-order valence-electron chi connectivity index (χ4n) is 2.93. The Morgan fingerprint density at radius 1 is 1.43 bits per heavy atom. The van der Waals surface area contributed by atoms with Crippen molar-refractivity contribution in [3.8, 4) is 5.75 Å². The highest BCUT2D eigenvalue weighted by atomic mass is 35.5. The third-order valence-corrected chi connectivity index (χ3v) is 4.57. The molecule has 0 aliphatic carbocycles. The summed E-state index contributed by atoms with van der Waals surface area (Å²) >= 11 is 6.15. The fourth-order valence-corrected chi connectivity index (χ4v) is 3.17. The number of rotatable bonds is 5. The van der Waals surface area contributed by atoms with E-state index in [1.807, 2.05) is 12.1 Å². The van der Waals surface area contributed by atoms with Gasteiger partial charge < -0.3 is 19.5 Å². The Hall–Kier alpha value is -1.30. The molecular formula is C17H22ClNO4. The molecule has 0 spiro atoms. The minimum absolute atomic E-state index is 0.0984. The van der Waals surface area contributed by atoms with Crippen LogP contribution in [0.2, 0.25) is 5.02 Å². The van der Waals surface area contributed by atoms with Crippen molar-refractivity contribution in [2.24, 2.45) is 0 Å². The van der Waals surface area contributed by atoms with Crippen molar-refractivity contribution in [3.05, 3.63) is 28.8 Å². The lowest BCUT2D eigenvalue weighted by atomic mass is 10.0. The summed E-state index contributed by atoms with van der Waals surface area (Å²) in [4.78, 5) is 12.4. The van der Waals surface area contributed by atoms with Gasteiger partial charge in [0, 0.05) is 18.6 Å². The molecule has 1 N–H and O–H groups in total. The van der Waals surface area contributed by atoms with Gasteiger partial charge in [0.25, 0.3) is 0 Å². The molecule has 3 rings (SSSR count). The second kappa shape index (κ2) is 7.51. The van der Waals surface area contributed by atoms with Crippen LogP contribution in [0.5, 0.6) is 5.75 Å². The predicted octanol–water partition coefficient (Wildman–Crippen LogP) is 2.86. The zero-order valence-corrected chi connectivity index (χ0v) is 14.0. The molecule has 6 heteroatoms. The Morgan fingerprint density at radius 2 is 2.30 bits per heavy atom. The first-order chi connectivity index (χ1) is 11.1. The fraction of sp³-hybridized carbons (Fsp3) is 0.588. The van der Waals surface area contributed by atoms with Crippen LogP contribution in [0.1, 0.15) is 37.8 Å². The maximum Gasteiger partial charge on any atom is 0.249 e. The van der Waals surface area contributed by atoms with Crippen LogP contribution in [0, 0.1) is 0 Å². The van der Waals surface area contributed by atoms with Gasteiger partial charge in [0.05, 0.1) is 30.4 Å². The van der Waals surface area contributed by atoms with E-state index in [0.29, 0.717) is 24.0 Å². The first kappa shape index (κ1) is 16.6. The second-order valence-corrected chi connectivity index (χ2v) is 6.37. The summed E-state index contributed by atoms with van der Waals surface area (Å²) in [6, 6.07) is 5.49. The quantitative estimate of drug-likeness (QED) is 0.896. The van der Waals surface area contributed by atoms with Gasteiger partial charge in [0.15, 0.2) is 0 Å². The van der Waals surface area contributed by atoms with Gasteiger partial charge in [-0.1, -0.05) is 23.7 Å². The van der Waals surface area contributed by atoms with Crippen LogP contribution in [0.15, 0.2) is 18.2 Å². The summed E-state index contributed by atoms with van der Waals surface area (Å²) < 4.78 is 16.8. The normalized spacial score (nSPS) is 24.6. The highest BCUT2D eigenvalue weighted by molar-refractivity contribution is 6.32. The predicted molar refractivity (Wildman–Crippen MR) is 86.8 cm³/mol. The molecule has 1 aromatic carbocycles. The van der Waals surface area contributed by atoms with E-state index < -0.39 is 6.10 Å². The van der Waals surface area contributed by atoms with E-state index in [1.54, 1.807) is 13.0 Å². The Bertz CT molecular complexity index is 560. The molecule has 2 aliphatic heterocycles. The number of carbonyl (C=O) groups excluding carboxylic acids is 1. The number of para-hydroxylation sites is 1. The monoisotopic (exact) mass is 339 g/mol. The van der Waals surface area contributed by atoms with Gasteiger partial charge in [-0.2, -0.15) is 0 Å². The summed E-state index contributed by atoms with van der Waals surface area (Å²) in [6.07, 6.45) is 2.39. The van der Waals surface area contributed by atoms with Gasteiger partial charge in [-0.15, -0.1) is 0 Å². The van der Waals surface area contributed by atoms with Gasteiger partial charge >= 0.3 is 0 Å². The zero-order valence-electron chi connectivity index (χ0n) is 13.2. The number of hydrogen-bond acceptors (Lipinski definition) is 4. The van der Waals surface area contributed by atoms with Crippen LogP contribution in [0.4, 0.5) is 0 Å². The lowest BCUT2D eigenvalue weighted by Crippen LogP contribution is -2.39. The maximum absolute atomic E-state index is 12.4. The van der Waals surface area contributed by atoms with Gasteiger partial charge in [-0.05, 0) is 25.8 Å². The minimum Gasteiger partial charge on any atom is -0.492 e. The van der Waals surface area contributed by atoms with Crippen LogP contribution >= 0.6 is 11.6 Å². The number of hydrogen-bond donors (Lipinski definition) is 1. The van der Waals surface area contributed by atoms with E-state index in [1.165, 1.54) is 0 Å². The number of fused-ring (bicyclic) bond motifs is 1. The molecular weight excluding hydrogens is 318 g/mol. The Labute approximate surface area is 141 Å². The third kappa shape index (κ3) is 3.97. The first-order valence-electron chi connectivity index (χ1n) is 8.10. The molecule has 1 fully saturated rings. The second-order valence-electron chi connectivity index (χ2n) is 5.97. The van der Waals surface area contributed by atoms with Gasteiger partial charge in [-0.25, -0.2) is 0 Å². The van der Waals surface area contributed by atoms with Crippen molar-refractivity contribution in [2.45, 2.75) is 44.4 Å². The lowest BCUT2D eigenvalue weighted by Gasteiger charge is -2.28. The van der Waals surface area contributed by atoms with Crippen molar-refractivity contribution in [2.75, 3.05) is 19.8 Å². The van der Waals surface area contributed by atoms with E-state index >= 15 is 0 Å². The number of carbonyl (C=O) groups is 1. The molecule has 1 amide bonds. The summed E-state index contributed by atoms with van der Waals surface area (Å²) in [5, 5.41) is 3.61. The van der Waals surface area contributed by atoms with E-state index in [9.17, 15) is 4.79 Å². The number of amides is 1. The molecule has 0 radical (unpaired) electrons. The van der Waals surface area contributed by atoms with Crippen LogP contribution < -0.4 is 10.1 Å². The maximum atomic E-state index is 12.4. The molecule has 0 aromatic heterocycles. The SMILES string of the molecule is C[C@H](OC[C@@H]1CCCO1)C(=O)N[C@H]1CCOc2c(Cl)cccc21.